The van der Waals surface area contributed by atoms with Crippen LogP contribution >= 0.6 is 0 Å². The van der Waals surface area contributed by atoms with Gasteiger partial charge in [0.1, 0.15) is 24.2 Å². The zero-order valence-electron chi connectivity index (χ0n) is 22.0. The second-order valence-corrected chi connectivity index (χ2v) is 10.4. The van der Waals surface area contributed by atoms with Crippen molar-refractivity contribution in [3.63, 3.8) is 0 Å². The van der Waals surface area contributed by atoms with Gasteiger partial charge in [-0.15, -0.1) is 0 Å². The van der Waals surface area contributed by atoms with Crippen molar-refractivity contribution in [2.24, 2.45) is 5.92 Å². The van der Waals surface area contributed by atoms with Gasteiger partial charge in [-0.3, -0.25) is 9.59 Å². The van der Waals surface area contributed by atoms with E-state index in [4.69, 9.17) is 4.74 Å². The van der Waals surface area contributed by atoms with E-state index in [9.17, 15) is 19.6 Å². The maximum atomic E-state index is 13.8. The SMILES string of the molecule is Cc1ccc(C(C(=O)NC(C)C)N(CC#N)C(=O)C(CC(C)C)NC(=O)OC(C)(C)C)c(C)c1. The van der Waals surface area contributed by atoms with Gasteiger partial charge in [0.25, 0.3) is 0 Å². The van der Waals surface area contributed by atoms with E-state index in [1.54, 1.807) is 20.8 Å². The van der Waals surface area contributed by atoms with Gasteiger partial charge in [0.2, 0.25) is 11.8 Å². The highest BCUT2D eigenvalue weighted by Gasteiger charge is 2.37. The molecule has 8 heteroatoms. The van der Waals surface area contributed by atoms with Gasteiger partial charge >= 0.3 is 6.09 Å². The monoisotopic (exact) mass is 472 g/mol. The number of nitrogens with one attached hydrogen (secondary N) is 2. The molecule has 0 aliphatic carbocycles. The van der Waals surface area contributed by atoms with Crippen molar-refractivity contribution in [1.29, 1.82) is 5.26 Å². The Labute approximate surface area is 204 Å². The van der Waals surface area contributed by atoms with E-state index in [-0.39, 0.29) is 24.4 Å². The summed E-state index contributed by atoms with van der Waals surface area (Å²) < 4.78 is 5.35. The molecular formula is C26H40N4O4. The lowest BCUT2D eigenvalue weighted by atomic mass is 9.95. The molecule has 0 aliphatic rings. The first-order chi connectivity index (χ1) is 15.7. The van der Waals surface area contributed by atoms with Crippen LogP contribution in [-0.4, -0.2) is 47.0 Å². The second-order valence-electron chi connectivity index (χ2n) is 10.4. The summed E-state index contributed by atoms with van der Waals surface area (Å²) in [6, 6.07) is 5.50. The smallest absolute Gasteiger partial charge is 0.408 e. The molecule has 1 rings (SSSR count). The molecule has 0 aromatic heterocycles. The molecular weight excluding hydrogens is 432 g/mol. The summed E-state index contributed by atoms with van der Waals surface area (Å²) in [5.74, 6) is -0.826. The number of hydrogen-bond donors (Lipinski definition) is 2. The third kappa shape index (κ3) is 9.05. The first kappa shape index (κ1) is 29.0. The molecule has 1 aromatic rings. The molecule has 34 heavy (non-hydrogen) atoms. The van der Waals surface area contributed by atoms with Gasteiger partial charge in [-0.1, -0.05) is 37.6 Å². The van der Waals surface area contributed by atoms with Crippen molar-refractivity contribution in [2.45, 2.75) is 92.5 Å². The number of nitriles is 1. The average molecular weight is 473 g/mol. The van der Waals surface area contributed by atoms with Crippen LogP contribution in [-0.2, 0) is 14.3 Å². The summed E-state index contributed by atoms with van der Waals surface area (Å²) in [6.07, 6.45) is -0.399. The van der Waals surface area contributed by atoms with Crippen molar-refractivity contribution in [1.82, 2.24) is 15.5 Å². The van der Waals surface area contributed by atoms with Crippen LogP contribution in [0.2, 0.25) is 0 Å². The molecule has 0 saturated carbocycles. The highest BCUT2D eigenvalue weighted by molar-refractivity contribution is 5.92. The van der Waals surface area contributed by atoms with Crippen molar-refractivity contribution in [3.05, 3.63) is 34.9 Å². The van der Waals surface area contributed by atoms with Gasteiger partial charge in [-0.25, -0.2) is 4.79 Å². The summed E-state index contributed by atoms with van der Waals surface area (Å²) in [5.41, 5.74) is 1.75. The topological polar surface area (TPSA) is 112 Å². The Bertz CT molecular complexity index is 912. The van der Waals surface area contributed by atoms with E-state index in [2.05, 4.69) is 10.6 Å². The minimum Gasteiger partial charge on any atom is -0.444 e. The molecule has 0 saturated heterocycles. The minimum atomic E-state index is -1.02. The average Bonchev–Trinajstić information content (AvgIpc) is 2.65. The number of ether oxygens (including phenoxy) is 1. The summed E-state index contributed by atoms with van der Waals surface area (Å²) >= 11 is 0. The van der Waals surface area contributed by atoms with Crippen molar-refractivity contribution in [3.8, 4) is 6.07 Å². The summed E-state index contributed by atoms with van der Waals surface area (Å²) in [7, 11) is 0. The lowest BCUT2D eigenvalue weighted by molar-refractivity contribution is -0.142. The van der Waals surface area contributed by atoms with E-state index in [0.29, 0.717) is 12.0 Å². The zero-order chi connectivity index (χ0) is 26.2. The van der Waals surface area contributed by atoms with E-state index in [1.165, 1.54) is 4.90 Å². The fourth-order valence-corrected chi connectivity index (χ4v) is 3.66. The molecule has 8 nitrogen and oxygen atoms in total. The van der Waals surface area contributed by atoms with Crippen LogP contribution in [0.4, 0.5) is 4.79 Å². The van der Waals surface area contributed by atoms with Crippen molar-refractivity contribution >= 4 is 17.9 Å². The van der Waals surface area contributed by atoms with Gasteiger partial charge in [-0.05, 0) is 71.9 Å². The predicted molar refractivity (Wildman–Crippen MR) is 132 cm³/mol. The van der Waals surface area contributed by atoms with Gasteiger partial charge < -0.3 is 20.3 Å². The van der Waals surface area contributed by atoms with Crippen LogP contribution in [0.5, 0.6) is 0 Å². The molecule has 0 heterocycles. The lowest BCUT2D eigenvalue weighted by Crippen LogP contribution is -2.54. The molecule has 0 spiro atoms. The number of nitrogens with zero attached hydrogens (tertiary/aromatic N) is 2. The number of rotatable bonds is 9. The van der Waals surface area contributed by atoms with Gasteiger partial charge in [0.15, 0.2) is 0 Å². The molecule has 0 bridgehead atoms. The number of hydrogen-bond acceptors (Lipinski definition) is 5. The largest absolute Gasteiger partial charge is 0.444 e. The molecule has 2 N–H and O–H groups in total. The van der Waals surface area contributed by atoms with Gasteiger partial charge in [0, 0.05) is 6.04 Å². The number of aryl methyl sites for hydroxylation is 2. The normalized spacial score (nSPS) is 13.1. The Morgan fingerprint density at radius 3 is 2.18 bits per heavy atom. The molecule has 1 aromatic carbocycles. The van der Waals surface area contributed by atoms with Crippen LogP contribution in [0, 0.1) is 31.1 Å². The minimum absolute atomic E-state index is 0.0665. The second kappa shape index (κ2) is 12.4. The molecule has 2 unspecified atom stereocenters. The maximum Gasteiger partial charge on any atom is 0.408 e. The fourth-order valence-electron chi connectivity index (χ4n) is 3.66. The number of benzene rings is 1. The quantitative estimate of drug-likeness (QED) is 0.524. The van der Waals surface area contributed by atoms with E-state index >= 15 is 0 Å². The molecule has 2 atom stereocenters. The predicted octanol–water partition coefficient (Wildman–Crippen LogP) is 4.16. The highest BCUT2D eigenvalue weighted by atomic mass is 16.6. The Morgan fingerprint density at radius 2 is 1.71 bits per heavy atom. The highest BCUT2D eigenvalue weighted by Crippen LogP contribution is 2.27. The summed E-state index contributed by atoms with van der Waals surface area (Å²) in [6.45, 7) is 16.2. The summed E-state index contributed by atoms with van der Waals surface area (Å²) in [5, 5.41) is 15.1. The Morgan fingerprint density at radius 1 is 1.09 bits per heavy atom. The maximum absolute atomic E-state index is 13.8. The Hall–Kier alpha value is -3.08. The number of amides is 3. The van der Waals surface area contributed by atoms with Gasteiger partial charge in [0.05, 0.1) is 6.07 Å². The standard InChI is InChI=1S/C26H40N4O4/c1-16(2)14-21(29-25(33)34-26(7,8)9)24(32)30(13-12-27)22(23(31)28-17(3)4)20-11-10-18(5)15-19(20)6/h10-11,15-17,21-22H,13-14H2,1-9H3,(H,28,31)(H,29,33). The molecule has 188 valence electrons. The van der Waals surface area contributed by atoms with E-state index in [1.807, 2.05) is 65.8 Å². The Kier molecular flexibility index (Phi) is 10.6. The molecule has 0 aliphatic heterocycles. The van der Waals surface area contributed by atoms with Crippen LogP contribution < -0.4 is 10.6 Å². The lowest BCUT2D eigenvalue weighted by Gasteiger charge is -2.34. The number of alkyl carbamates (subject to hydrolysis) is 1. The van der Waals surface area contributed by atoms with Crippen LogP contribution in [0.3, 0.4) is 0 Å². The van der Waals surface area contributed by atoms with E-state index in [0.717, 1.165) is 11.1 Å². The van der Waals surface area contributed by atoms with Crippen LogP contribution in [0.25, 0.3) is 0 Å². The first-order valence-electron chi connectivity index (χ1n) is 11.7. The van der Waals surface area contributed by atoms with Crippen LogP contribution in [0.1, 0.15) is 77.6 Å². The molecule has 0 fully saturated rings. The van der Waals surface area contributed by atoms with Crippen molar-refractivity contribution in [2.75, 3.05) is 6.54 Å². The van der Waals surface area contributed by atoms with E-state index < -0.39 is 29.7 Å². The van der Waals surface area contributed by atoms with Crippen molar-refractivity contribution < 1.29 is 19.1 Å². The molecule has 0 radical (unpaired) electrons. The zero-order valence-corrected chi connectivity index (χ0v) is 22.0. The first-order valence-corrected chi connectivity index (χ1v) is 11.7. The van der Waals surface area contributed by atoms with Crippen LogP contribution in [0.15, 0.2) is 18.2 Å². The fraction of sp³-hybridized carbons (Fsp3) is 0.615. The summed E-state index contributed by atoms with van der Waals surface area (Å²) in [4.78, 5) is 40.9. The third-order valence-electron chi connectivity index (χ3n) is 4.93. The third-order valence-corrected chi connectivity index (χ3v) is 4.93. The molecule has 3 amide bonds. The Balaban J connectivity index is 3.49. The number of carbonyl (C=O) groups excluding carboxylic acids is 3. The van der Waals surface area contributed by atoms with Gasteiger partial charge in [-0.2, -0.15) is 5.26 Å². The number of carbonyl (C=O) groups is 3.